The van der Waals surface area contributed by atoms with Crippen LogP contribution in [-0.2, 0) is 52.2 Å². The van der Waals surface area contributed by atoms with Crippen LogP contribution in [0.5, 0.6) is 23.0 Å². The number of anilines is 1. The molecule has 2 atom stereocenters. The van der Waals surface area contributed by atoms with Crippen molar-refractivity contribution < 1.29 is 47.9 Å². The third kappa shape index (κ3) is 12.5. The molecule has 74 heavy (non-hydrogen) atoms. The Kier molecular flexibility index (Phi) is 19.6. The van der Waals surface area contributed by atoms with Gasteiger partial charge in [-0.3, -0.25) is 0 Å². The van der Waals surface area contributed by atoms with Crippen molar-refractivity contribution in [2.45, 2.75) is 96.6 Å². The van der Waals surface area contributed by atoms with Crippen molar-refractivity contribution in [3.63, 3.8) is 0 Å². The molecule has 0 bridgehead atoms. The maximum absolute atomic E-state index is 12.2. The fourth-order valence-corrected chi connectivity index (χ4v) is 9.99. The molecule has 0 aliphatic carbocycles. The van der Waals surface area contributed by atoms with E-state index in [1.54, 1.807) is 64.8 Å². The van der Waals surface area contributed by atoms with Gasteiger partial charge in [0.2, 0.25) is 0 Å². The van der Waals surface area contributed by atoms with E-state index in [0.717, 1.165) is 102 Å². The number of fused-ring (bicyclic) bond motifs is 4. The Balaban J connectivity index is 0.000000186. The molecule has 9 rings (SSSR count). The second-order valence-electron chi connectivity index (χ2n) is 18.4. The Labute approximate surface area is 436 Å². The van der Waals surface area contributed by atoms with Gasteiger partial charge < -0.3 is 47.7 Å². The van der Waals surface area contributed by atoms with Gasteiger partial charge in [0, 0.05) is 34.8 Å². The molecule has 2 aliphatic rings. The number of esters is 2. The lowest BCUT2D eigenvalue weighted by molar-refractivity contribution is -0.0314. The maximum Gasteiger partial charge on any atom is 0.338 e. The monoisotopic (exact) mass is 1000 g/mol. The van der Waals surface area contributed by atoms with Gasteiger partial charge in [0.15, 0.2) is 6.23 Å². The Morgan fingerprint density at radius 3 is 1.73 bits per heavy atom. The third-order valence-corrected chi connectivity index (χ3v) is 13.7. The minimum absolute atomic E-state index is 0.278. The van der Waals surface area contributed by atoms with Crippen molar-refractivity contribution in [2.75, 3.05) is 53.7 Å². The van der Waals surface area contributed by atoms with Crippen LogP contribution in [0.3, 0.4) is 0 Å². The number of hydrogen-bond acceptors (Lipinski definition) is 11. The normalized spacial score (nSPS) is 15.2. The van der Waals surface area contributed by atoms with Crippen LogP contribution in [-0.4, -0.2) is 76.6 Å². The summed E-state index contributed by atoms with van der Waals surface area (Å²) in [6.07, 6.45) is 10.5. The zero-order valence-corrected chi connectivity index (χ0v) is 44.1. The van der Waals surface area contributed by atoms with Crippen molar-refractivity contribution in [3.05, 3.63) is 184 Å². The molecule has 0 radical (unpaired) electrons. The average molecular weight is 1010 g/mol. The van der Waals surface area contributed by atoms with Crippen molar-refractivity contribution in [3.8, 4) is 23.0 Å². The van der Waals surface area contributed by atoms with Gasteiger partial charge in [0.1, 0.15) is 28.6 Å². The van der Waals surface area contributed by atoms with Crippen LogP contribution < -0.4 is 23.8 Å². The smallest absolute Gasteiger partial charge is 0.338 e. The molecule has 1 N–H and O–H groups in total. The van der Waals surface area contributed by atoms with Crippen LogP contribution in [0.2, 0.25) is 0 Å². The quantitative estimate of drug-likeness (QED) is 0.0579. The first-order valence-corrected chi connectivity index (χ1v) is 25.7. The molecular formula is C62H72N2O10. The number of aliphatic hydroxyl groups is 1. The van der Waals surface area contributed by atoms with Crippen molar-refractivity contribution in [1.82, 2.24) is 4.57 Å². The number of benzene rings is 6. The highest BCUT2D eigenvalue weighted by atomic mass is 16.5. The largest absolute Gasteiger partial charge is 0.496 e. The van der Waals surface area contributed by atoms with Gasteiger partial charge >= 0.3 is 11.9 Å². The molecule has 3 heterocycles. The number of para-hydroxylation sites is 2. The SMILES string of the molecule is CCCCc1ccc(OC)c(CN2c3ccccc3C3(O)CCOC23)c1OC.CCCCc1ccc(OC)c(Cn2cc(CCCOC(=O)c3ccccc3)c3ccccc32)c1OC.COC(=O)c1ccccc1. The average Bonchev–Trinajstić information content (AvgIpc) is 4.09. The predicted molar refractivity (Wildman–Crippen MR) is 291 cm³/mol. The van der Waals surface area contributed by atoms with Crippen molar-refractivity contribution in [1.29, 1.82) is 0 Å². The fraction of sp³-hybridized carbons (Fsp3) is 0.355. The molecular weight excluding hydrogens is 933 g/mol. The number of aryl methyl sites for hydroxylation is 3. The minimum Gasteiger partial charge on any atom is -0.496 e. The highest BCUT2D eigenvalue weighted by Gasteiger charge is 2.54. The van der Waals surface area contributed by atoms with Crippen molar-refractivity contribution >= 4 is 28.5 Å². The summed E-state index contributed by atoms with van der Waals surface area (Å²) in [6, 6.07) is 42.7. The van der Waals surface area contributed by atoms with E-state index >= 15 is 0 Å². The molecule has 7 aromatic rings. The lowest BCUT2D eigenvalue weighted by atomic mass is 9.93. The lowest BCUT2D eigenvalue weighted by Crippen LogP contribution is -2.41. The highest BCUT2D eigenvalue weighted by Crippen LogP contribution is 2.51. The van der Waals surface area contributed by atoms with Crippen molar-refractivity contribution in [2.24, 2.45) is 0 Å². The summed E-state index contributed by atoms with van der Waals surface area (Å²) in [5, 5.41) is 12.5. The maximum atomic E-state index is 12.2. The zero-order valence-electron chi connectivity index (χ0n) is 44.1. The number of carbonyl (C=O) groups is 2. The number of aromatic nitrogens is 1. The van der Waals surface area contributed by atoms with E-state index < -0.39 is 11.8 Å². The topological polar surface area (TPSA) is 127 Å². The van der Waals surface area contributed by atoms with Gasteiger partial charge in [-0.2, -0.15) is 0 Å². The molecule has 1 aromatic heterocycles. The van der Waals surface area contributed by atoms with Crippen LogP contribution >= 0.6 is 0 Å². The number of nitrogens with zero attached hydrogens (tertiary/aromatic N) is 2. The van der Waals surface area contributed by atoms with Gasteiger partial charge in [0.05, 0.1) is 84.1 Å². The van der Waals surface area contributed by atoms with E-state index in [1.165, 1.54) is 29.2 Å². The van der Waals surface area contributed by atoms with Gasteiger partial charge in [0.25, 0.3) is 0 Å². The van der Waals surface area contributed by atoms with Crippen LogP contribution in [0.15, 0.2) is 140 Å². The lowest BCUT2D eigenvalue weighted by Gasteiger charge is -2.30. The van der Waals surface area contributed by atoms with E-state index in [1.807, 2.05) is 48.5 Å². The van der Waals surface area contributed by atoms with Gasteiger partial charge in [-0.15, -0.1) is 0 Å². The molecule has 2 unspecified atom stereocenters. The van der Waals surface area contributed by atoms with Crippen LogP contribution in [0, 0.1) is 0 Å². The summed E-state index contributed by atoms with van der Waals surface area (Å²) < 4.78 is 41.4. The standard InChI is InChI=1S/C31H35NO4.C23H29NO4.C8H8O2/c1-4-5-12-23-18-19-29(34-2)27(30(23)35-3)22-32-21-25(26-16-9-10-17-28(26)32)15-11-20-36-31(33)24-13-7-6-8-14-24;1-4-5-8-16-11-12-20(26-2)17(21(16)27-3)15-24-19-10-7-6-9-18(19)23(25)13-14-28-22(23)24;1-10-8(9)7-5-3-2-4-6-7/h6-10,13-14,16-19,21H,4-5,11-12,15,20,22H2,1-3H3;6-7,9-12,22,25H,4-5,8,13-15H2,1-3H3;2-6H,1H3. The molecule has 390 valence electrons. The minimum atomic E-state index is -0.961. The van der Waals surface area contributed by atoms with E-state index in [0.29, 0.717) is 43.9 Å². The van der Waals surface area contributed by atoms with E-state index in [2.05, 4.69) is 82.8 Å². The molecule has 6 aromatic carbocycles. The summed E-state index contributed by atoms with van der Waals surface area (Å²) in [5.74, 6) is 2.84. The molecule has 12 heteroatoms. The Bertz CT molecular complexity index is 2920. The number of methoxy groups -OCH3 is 5. The summed E-state index contributed by atoms with van der Waals surface area (Å²) in [5.41, 5.74) is 9.02. The van der Waals surface area contributed by atoms with Crippen LogP contribution in [0.4, 0.5) is 5.69 Å². The number of rotatable bonds is 20. The first-order valence-electron chi connectivity index (χ1n) is 25.7. The third-order valence-electron chi connectivity index (χ3n) is 13.7. The Morgan fingerprint density at radius 2 is 1.15 bits per heavy atom. The summed E-state index contributed by atoms with van der Waals surface area (Å²) >= 11 is 0. The van der Waals surface area contributed by atoms with Crippen LogP contribution in [0.25, 0.3) is 10.9 Å². The molecule has 0 saturated carbocycles. The van der Waals surface area contributed by atoms with Gasteiger partial charge in [-0.1, -0.05) is 112 Å². The summed E-state index contributed by atoms with van der Waals surface area (Å²) in [4.78, 5) is 25.2. The molecule has 1 saturated heterocycles. The van der Waals surface area contributed by atoms with Crippen LogP contribution in [0.1, 0.15) is 106 Å². The number of hydrogen-bond donors (Lipinski definition) is 1. The van der Waals surface area contributed by atoms with E-state index in [9.17, 15) is 14.7 Å². The van der Waals surface area contributed by atoms with Gasteiger partial charge in [-0.05, 0) is 104 Å². The summed E-state index contributed by atoms with van der Waals surface area (Å²) in [6.45, 7) is 6.53. The second-order valence-corrected chi connectivity index (χ2v) is 18.4. The number of carbonyl (C=O) groups excluding carboxylic acids is 2. The first-order chi connectivity index (χ1) is 36.1. The highest BCUT2D eigenvalue weighted by molar-refractivity contribution is 5.89. The van der Waals surface area contributed by atoms with E-state index in [4.69, 9.17) is 28.4 Å². The fourth-order valence-electron chi connectivity index (χ4n) is 9.99. The van der Waals surface area contributed by atoms with Gasteiger partial charge in [-0.25, -0.2) is 9.59 Å². The molecule has 12 nitrogen and oxygen atoms in total. The molecule has 2 aliphatic heterocycles. The van der Waals surface area contributed by atoms with E-state index in [-0.39, 0.29) is 11.9 Å². The Hall–Kier alpha value is -7.28. The zero-order chi connectivity index (χ0) is 52.5. The molecule has 1 fully saturated rings. The predicted octanol–water partition coefficient (Wildman–Crippen LogP) is 12.3. The second kappa shape index (κ2) is 26.6. The Morgan fingerprint density at radius 1 is 0.608 bits per heavy atom. The number of unbranched alkanes of at least 4 members (excludes halogenated alkanes) is 2. The molecule has 0 spiro atoms. The summed E-state index contributed by atoms with van der Waals surface area (Å²) in [7, 11) is 8.22. The first kappa shape index (κ1) is 54.5. The molecule has 0 amide bonds. The number of ether oxygens (including phenoxy) is 7.